The molecule has 0 aliphatic heterocycles. The van der Waals surface area contributed by atoms with Crippen molar-refractivity contribution in [3.8, 4) is 5.69 Å². The lowest BCUT2D eigenvalue weighted by Crippen LogP contribution is -2.14. The number of anilines is 1. The lowest BCUT2D eigenvalue weighted by Gasteiger charge is -2.14. The van der Waals surface area contributed by atoms with Crippen LogP contribution in [0.25, 0.3) is 5.69 Å². The second kappa shape index (κ2) is 5.47. The minimum atomic E-state index is 0.369. The summed E-state index contributed by atoms with van der Waals surface area (Å²) in [6.45, 7) is 10.7. The Bertz CT molecular complexity index is 553. The first-order valence-electron chi connectivity index (χ1n) is 6.90. The average molecular weight is 257 g/mol. The lowest BCUT2D eigenvalue weighted by atomic mass is 10.0. The van der Waals surface area contributed by atoms with E-state index in [1.54, 1.807) is 0 Å². The molecule has 0 aliphatic rings. The predicted octanol–water partition coefficient (Wildman–Crippen LogP) is 4.12. The van der Waals surface area contributed by atoms with Crippen LogP contribution in [-0.2, 0) is 0 Å². The van der Waals surface area contributed by atoms with Gasteiger partial charge in [-0.25, -0.2) is 4.98 Å². The van der Waals surface area contributed by atoms with Gasteiger partial charge < -0.3 is 5.32 Å². The Morgan fingerprint density at radius 2 is 1.89 bits per heavy atom. The molecule has 102 valence electrons. The van der Waals surface area contributed by atoms with Crippen molar-refractivity contribution in [3.05, 3.63) is 41.7 Å². The van der Waals surface area contributed by atoms with E-state index in [-0.39, 0.29) is 0 Å². The first-order chi connectivity index (χ1) is 8.97. The van der Waals surface area contributed by atoms with E-state index in [4.69, 9.17) is 0 Å². The third kappa shape index (κ3) is 3.16. The topological polar surface area (TPSA) is 29.9 Å². The van der Waals surface area contributed by atoms with Gasteiger partial charge in [0.05, 0.1) is 5.69 Å². The van der Waals surface area contributed by atoms with E-state index in [2.05, 4.69) is 73.0 Å². The maximum absolute atomic E-state index is 4.55. The summed E-state index contributed by atoms with van der Waals surface area (Å²) < 4.78 is 2.13. The number of hydrogen-bond acceptors (Lipinski definition) is 2. The maximum atomic E-state index is 4.55. The van der Waals surface area contributed by atoms with Gasteiger partial charge in [-0.2, -0.15) is 0 Å². The second-order valence-electron chi connectivity index (χ2n) is 5.62. The monoisotopic (exact) mass is 257 g/mol. The summed E-state index contributed by atoms with van der Waals surface area (Å²) in [6, 6.07) is 9.01. The summed E-state index contributed by atoms with van der Waals surface area (Å²) in [5.74, 6) is 1.44. The molecule has 1 N–H and O–H groups in total. The fraction of sp³-hybridized carbons (Fsp3) is 0.438. The average Bonchev–Trinajstić information content (AvgIpc) is 2.69. The molecule has 0 unspecified atom stereocenters. The Morgan fingerprint density at radius 1 is 1.16 bits per heavy atom. The largest absolute Gasteiger partial charge is 0.353 e. The number of rotatable bonds is 4. The van der Waals surface area contributed by atoms with Crippen molar-refractivity contribution in [2.24, 2.45) is 0 Å². The number of nitrogens with one attached hydrogen (secondary N) is 1. The highest BCUT2D eigenvalue weighted by molar-refractivity contribution is 5.45. The number of hydrogen-bond donors (Lipinski definition) is 1. The number of nitrogens with zero attached hydrogens (tertiary/aromatic N) is 2. The van der Waals surface area contributed by atoms with Crippen molar-refractivity contribution >= 4 is 5.95 Å². The summed E-state index contributed by atoms with van der Waals surface area (Å²) in [6.07, 6.45) is 2.07. The van der Waals surface area contributed by atoms with E-state index in [0.29, 0.717) is 12.0 Å². The van der Waals surface area contributed by atoms with Gasteiger partial charge in [0.2, 0.25) is 5.95 Å². The minimum Gasteiger partial charge on any atom is -0.353 e. The molecule has 1 aromatic carbocycles. The van der Waals surface area contributed by atoms with Gasteiger partial charge in [-0.1, -0.05) is 26.0 Å². The zero-order valence-electron chi connectivity index (χ0n) is 12.4. The maximum Gasteiger partial charge on any atom is 0.207 e. The Balaban J connectivity index is 2.43. The SMILES string of the molecule is Cc1cn(-c2cccc(C(C)C)c2)c(NC(C)C)n1. The van der Waals surface area contributed by atoms with Crippen LogP contribution >= 0.6 is 0 Å². The van der Waals surface area contributed by atoms with Gasteiger partial charge in [-0.15, -0.1) is 0 Å². The molecule has 2 rings (SSSR count). The molecule has 0 saturated heterocycles. The number of benzene rings is 1. The van der Waals surface area contributed by atoms with Crippen LogP contribution in [-0.4, -0.2) is 15.6 Å². The van der Waals surface area contributed by atoms with Crippen LogP contribution in [0.3, 0.4) is 0 Å². The number of imidazole rings is 1. The molecule has 0 radical (unpaired) electrons. The summed E-state index contributed by atoms with van der Waals surface area (Å²) in [4.78, 5) is 4.55. The molecular weight excluding hydrogens is 234 g/mol. The van der Waals surface area contributed by atoms with Crippen LogP contribution in [0.5, 0.6) is 0 Å². The highest BCUT2D eigenvalue weighted by atomic mass is 15.2. The molecule has 19 heavy (non-hydrogen) atoms. The summed E-state index contributed by atoms with van der Waals surface area (Å²) >= 11 is 0. The van der Waals surface area contributed by atoms with Crippen molar-refractivity contribution in [2.75, 3.05) is 5.32 Å². The van der Waals surface area contributed by atoms with Gasteiger partial charge in [-0.3, -0.25) is 4.57 Å². The first-order valence-corrected chi connectivity index (χ1v) is 6.90. The molecule has 0 bridgehead atoms. The van der Waals surface area contributed by atoms with Crippen molar-refractivity contribution < 1.29 is 0 Å². The van der Waals surface area contributed by atoms with E-state index < -0.39 is 0 Å². The Kier molecular flexibility index (Phi) is 3.93. The Morgan fingerprint density at radius 3 is 2.53 bits per heavy atom. The lowest BCUT2D eigenvalue weighted by molar-refractivity contribution is 0.852. The van der Waals surface area contributed by atoms with Crippen LogP contribution < -0.4 is 5.32 Å². The molecule has 0 aliphatic carbocycles. The third-order valence-electron chi connectivity index (χ3n) is 3.06. The van der Waals surface area contributed by atoms with Crippen LogP contribution in [0, 0.1) is 6.92 Å². The van der Waals surface area contributed by atoms with E-state index in [9.17, 15) is 0 Å². The molecule has 0 fully saturated rings. The minimum absolute atomic E-state index is 0.369. The van der Waals surface area contributed by atoms with Gasteiger partial charge in [-0.05, 0) is 44.4 Å². The predicted molar refractivity (Wildman–Crippen MR) is 81.1 cm³/mol. The molecule has 3 nitrogen and oxygen atoms in total. The zero-order valence-corrected chi connectivity index (χ0v) is 12.4. The van der Waals surface area contributed by atoms with Crippen LogP contribution in [0.15, 0.2) is 30.5 Å². The number of aryl methyl sites for hydroxylation is 1. The van der Waals surface area contributed by atoms with Crippen LogP contribution in [0.4, 0.5) is 5.95 Å². The van der Waals surface area contributed by atoms with E-state index in [1.807, 2.05) is 6.92 Å². The zero-order chi connectivity index (χ0) is 14.0. The molecule has 0 amide bonds. The molecule has 1 heterocycles. The van der Waals surface area contributed by atoms with Gasteiger partial charge >= 0.3 is 0 Å². The molecule has 0 spiro atoms. The van der Waals surface area contributed by atoms with Crippen molar-refractivity contribution in [1.82, 2.24) is 9.55 Å². The quantitative estimate of drug-likeness (QED) is 0.892. The summed E-state index contributed by atoms with van der Waals surface area (Å²) in [5, 5.41) is 3.39. The van der Waals surface area contributed by atoms with E-state index in [0.717, 1.165) is 17.3 Å². The number of aromatic nitrogens is 2. The Labute approximate surface area is 115 Å². The molecule has 1 aromatic heterocycles. The summed E-state index contributed by atoms with van der Waals surface area (Å²) in [5.41, 5.74) is 3.53. The van der Waals surface area contributed by atoms with Crippen LogP contribution in [0.2, 0.25) is 0 Å². The molecule has 2 aromatic rings. The fourth-order valence-corrected chi connectivity index (χ4v) is 2.09. The standard InChI is InChI=1S/C16H23N3/c1-11(2)14-7-6-8-15(9-14)19-10-13(5)18-16(19)17-12(3)4/h6-12H,1-5H3,(H,17,18). The van der Waals surface area contributed by atoms with Gasteiger partial charge in [0.15, 0.2) is 0 Å². The van der Waals surface area contributed by atoms with Gasteiger partial charge in [0, 0.05) is 17.9 Å². The van der Waals surface area contributed by atoms with Crippen molar-refractivity contribution in [2.45, 2.75) is 46.6 Å². The second-order valence-corrected chi connectivity index (χ2v) is 5.62. The van der Waals surface area contributed by atoms with Crippen molar-refractivity contribution in [1.29, 1.82) is 0 Å². The normalized spacial score (nSPS) is 11.3. The van der Waals surface area contributed by atoms with Gasteiger partial charge in [0.1, 0.15) is 0 Å². The smallest absolute Gasteiger partial charge is 0.207 e. The molecule has 0 atom stereocenters. The third-order valence-corrected chi connectivity index (χ3v) is 3.06. The van der Waals surface area contributed by atoms with E-state index in [1.165, 1.54) is 5.56 Å². The first kappa shape index (κ1) is 13.7. The molecule has 3 heteroatoms. The van der Waals surface area contributed by atoms with Gasteiger partial charge in [0.25, 0.3) is 0 Å². The van der Waals surface area contributed by atoms with Crippen molar-refractivity contribution in [3.63, 3.8) is 0 Å². The Hall–Kier alpha value is -1.77. The van der Waals surface area contributed by atoms with E-state index >= 15 is 0 Å². The summed E-state index contributed by atoms with van der Waals surface area (Å²) in [7, 11) is 0. The fourth-order valence-electron chi connectivity index (χ4n) is 2.09. The molecule has 0 saturated carbocycles. The highest BCUT2D eigenvalue weighted by Crippen LogP contribution is 2.21. The van der Waals surface area contributed by atoms with Crippen LogP contribution in [0.1, 0.15) is 44.9 Å². The molecular formula is C16H23N3. The highest BCUT2D eigenvalue weighted by Gasteiger charge is 2.09.